The van der Waals surface area contributed by atoms with Gasteiger partial charge in [0.15, 0.2) is 5.75 Å². The van der Waals surface area contributed by atoms with Crippen molar-refractivity contribution in [1.29, 1.82) is 0 Å². The fraction of sp³-hybridized carbons (Fsp3) is 0.444. The van der Waals surface area contributed by atoms with Crippen LogP contribution in [0.25, 0.3) is 0 Å². The molecule has 1 aliphatic rings. The average Bonchev–Trinajstić information content (AvgIpc) is 2.36. The summed E-state index contributed by atoms with van der Waals surface area (Å²) < 4.78 is 31.4. The van der Waals surface area contributed by atoms with E-state index in [1.54, 1.807) is 12.1 Å². The number of fused-ring (bicyclic) bond motifs is 1. The summed E-state index contributed by atoms with van der Waals surface area (Å²) in [7, 11) is -3.51. The quantitative estimate of drug-likeness (QED) is 0.761. The molecule has 1 N–H and O–H groups in total. The summed E-state index contributed by atoms with van der Waals surface area (Å²) in [6.07, 6.45) is 2.05. The summed E-state index contributed by atoms with van der Waals surface area (Å²) in [5.41, 5.74) is 0. The van der Waals surface area contributed by atoms with Crippen LogP contribution in [0.2, 0.25) is 0 Å². The number of nitrogens with one attached hydrogen (secondary N) is 1. The molecule has 6 heteroatoms. The van der Waals surface area contributed by atoms with Crippen molar-refractivity contribution in [3.05, 3.63) is 18.3 Å². The Morgan fingerprint density at radius 2 is 2.47 bits per heavy atom. The first-order valence-electron chi connectivity index (χ1n) is 4.75. The molecule has 5 nitrogen and oxygen atoms in total. The highest BCUT2D eigenvalue weighted by atomic mass is 32.2. The van der Waals surface area contributed by atoms with Gasteiger partial charge in [-0.1, -0.05) is 6.92 Å². The summed E-state index contributed by atoms with van der Waals surface area (Å²) in [6.45, 7) is 2.23. The Morgan fingerprint density at radius 3 is 3.20 bits per heavy atom. The summed E-state index contributed by atoms with van der Waals surface area (Å²) in [6, 6.07) is 3.28. The fourth-order valence-corrected chi connectivity index (χ4v) is 2.51. The van der Waals surface area contributed by atoms with Gasteiger partial charge in [-0.25, -0.2) is 18.1 Å². The van der Waals surface area contributed by atoms with Crippen molar-refractivity contribution in [1.82, 2.24) is 9.71 Å². The van der Waals surface area contributed by atoms with Crippen LogP contribution in [-0.4, -0.2) is 26.1 Å². The number of ether oxygens (including phenoxy) is 1. The van der Waals surface area contributed by atoms with Crippen molar-refractivity contribution in [2.45, 2.75) is 24.5 Å². The molecule has 0 saturated heterocycles. The van der Waals surface area contributed by atoms with E-state index in [1.165, 1.54) is 6.20 Å². The van der Waals surface area contributed by atoms with E-state index in [1.807, 2.05) is 6.92 Å². The van der Waals surface area contributed by atoms with Crippen LogP contribution in [0.5, 0.6) is 5.75 Å². The maximum atomic E-state index is 11.7. The molecule has 0 aromatic carbocycles. The molecule has 0 bridgehead atoms. The van der Waals surface area contributed by atoms with Gasteiger partial charge in [-0.15, -0.1) is 0 Å². The van der Waals surface area contributed by atoms with Crippen LogP contribution in [0.1, 0.15) is 13.3 Å². The zero-order chi connectivity index (χ0) is 10.9. The van der Waals surface area contributed by atoms with Crippen LogP contribution in [0.4, 0.5) is 0 Å². The molecule has 0 fully saturated rings. The van der Waals surface area contributed by atoms with Gasteiger partial charge in [0.05, 0.1) is 0 Å². The van der Waals surface area contributed by atoms with Gasteiger partial charge < -0.3 is 4.74 Å². The maximum absolute atomic E-state index is 11.7. The SMILES string of the molecule is CCC1CNS(=O)(=O)c2ncccc2O1. The van der Waals surface area contributed by atoms with Gasteiger partial charge in [0.2, 0.25) is 5.03 Å². The van der Waals surface area contributed by atoms with Crippen LogP contribution in [0, 0.1) is 0 Å². The summed E-state index contributed by atoms with van der Waals surface area (Å²) in [4.78, 5) is 3.83. The Kier molecular flexibility index (Phi) is 2.62. The van der Waals surface area contributed by atoms with Crippen LogP contribution < -0.4 is 9.46 Å². The molecule has 0 saturated carbocycles. The first kappa shape index (κ1) is 10.4. The second kappa shape index (κ2) is 3.79. The van der Waals surface area contributed by atoms with E-state index < -0.39 is 10.0 Å². The van der Waals surface area contributed by atoms with Gasteiger partial charge >= 0.3 is 0 Å². The van der Waals surface area contributed by atoms with E-state index in [0.29, 0.717) is 5.75 Å². The second-order valence-electron chi connectivity index (χ2n) is 3.31. The number of nitrogens with zero attached hydrogens (tertiary/aromatic N) is 1. The lowest BCUT2D eigenvalue weighted by Crippen LogP contribution is -2.31. The monoisotopic (exact) mass is 228 g/mol. The smallest absolute Gasteiger partial charge is 0.261 e. The van der Waals surface area contributed by atoms with Crippen molar-refractivity contribution >= 4 is 10.0 Å². The van der Waals surface area contributed by atoms with E-state index in [0.717, 1.165) is 6.42 Å². The molecule has 1 aromatic heterocycles. The highest BCUT2D eigenvalue weighted by Crippen LogP contribution is 2.24. The highest BCUT2D eigenvalue weighted by molar-refractivity contribution is 7.89. The summed E-state index contributed by atoms with van der Waals surface area (Å²) in [5, 5.41) is -0.0269. The molecular formula is C9H12N2O3S. The minimum atomic E-state index is -3.51. The van der Waals surface area contributed by atoms with Crippen LogP contribution in [0.3, 0.4) is 0 Å². The molecule has 82 valence electrons. The third kappa shape index (κ3) is 1.95. The largest absolute Gasteiger partial charge is 0.486 e. The lowest BCUT2D eigenvalue weighted by molar-refractivity contribution is 0.199. The maximum Gasteiger partial charge on any atom is 0.261 e. The Balaban J connectivity index is 2.50. The molecular weight excluding hydrogens is 216 g/mol. The van der Waals surface area contributed by atoms with Gasteiger partial charge in [0.1, 0.15) is 6.10 Å². The average molecular weight is 228 g/mol. The molecule has 1 unspecified atom stereocenters. The number of sulfonamides is 1. The number of rotatable bonds is 1. The lowest BCUT2D eigenvalue weighted by atomic mass is 10.3. The van der Waals surface area contributed by atoms with E-state index in [2.05, 4.69) is 9.71 Å². The molecule has 0 aliphatic carbocycles. The van der Waals surface area contributed by atoms with Crippen molar-refractivity contribution in [3.8, 4) is 5.75 Å². The summed E-state index contributed by atoms with van der Waals surface area (Å²) in [5.74, 6) is 0.328. The van der Waals surface area contributed by atoms with Crippen molar-refractivity contribution < 1.29 is 13.2 Å². The van der Waals surface area contributed by atoms with E-state index in [4.69, 9.17) is 4.74 Å². The van der Waals surface area contributed by atoms with Gasteiger partial charge in [-0.2, -0.15) is 0 Å². The van der Waals surface area contributed by atoms with Crippen molar-refractivity contribution in [2.24, 2.45) is 0 Å². The van der Waals surface area contributed by atoms with E-state index in [-0.39, 0.29) is 17.7 Å². The van der Waals surface area contributed by atoms with Crippen LogP contribution >= 0.6 is 0 Å². The molecule has 1 aliphatic heterocycles. The van der Waals surface area contributed by atoms with Crippen LogP contribution in [-0.2, 0) is 10.0 Å². The number of hydrogen-bond donors (Lipinski definition) is 1. The molecule has 0 radical (unpaired) electrons. The minimum absolute atomic E-state index is 0.0269. The molecule has 1 aromatic rings. The molecule has 2 rings (SSSR count). The fourth-order valence-electron chi connectivity index (χ4n) is 1.39. The number of pyridine rings is 1. The van der Waals surface area contributed by atoms with E-state index in [9.17, 15) is 8.42 Å². The van der Waals surface area contributed by atoms with Crippen molar-refractivity contribution in [3.63, 3.8) is 0 Å². The Labute approximate surface area is 88.5 Å². The number of aromatic nitrogens is 1. The minimum Gasteiger partial charge on any atom is -0.486 e. The first-order valence-corrected chi connectivity index (χ1v) is 6.23. The normalized spacial score (nSPS) is 23.7. The molecule has 0 spiro atoms. The Hall–Kier alpha value is -1.14. The van der Waals surface area contributed by atoms with Gasteiger partial charge in [0, 0.05) is 12.7 Å². The molecule has 1 atom stereocenters. The zero-order valence-electron chi connectivity index (χ0n) is 8.30. The van der Waals surface area contributed by atoms with E-state index >= 15 is 0 Å². The van der Waals surface area contributed by atoms with Crippen molar-refractivity contribution in [2.75, 3.05) is 6.54 Å². The molecule has 0 amide bonds. The molecule has 15 heavy (non-hydrogen) atoms. The Morgan fingerprint density at radius 1 is 1.67 bits per heavy atom. The van der Waals surface area contributed by atoms with Gasteiger partial charge in [-0.3, -0.25) is 0 Å². The van der Waals surface area contributed by atoms with Gasteiger partial charge in [-0.05, 0) is 18.6 Å². The summed E-state index contributed by atoms with van der Waals surface area (Å²) >= 11 is 0. The van der Waals surface area contributed by atoms with Gasteiger partial charge in [0.25, 0.3) is 10.0 Å². The Bertz CT molecular complexity index is 458. The predicted molar refractivity (Wildman–Crippen MR) is 54.1 cm³/mol. The lowest BCUT2D eigenvalue weighted by Gasteiger charge is -2.13. The third-order valence-electron chi connectivity index (χ3n) is 2.24. The van der Waals surface area contributed by atoms with Crippen LogP contribution in [0.15, 0.2) is 23.4 Å². The predicted octanol–water partition coefficient (Wildman–Crippen LogP) is 0.531. The topological polar surface area (TPSA) is 68.3 Å². The number of hydrogen-bond acceptors (Lipinski definition) is 4. The zero-order valence-corrected chi connectivity index (χ0v) is 9.12. The standard InChI is InChI=1S/C9H12N2O3S/c1-2-7-6-11-15(12,13)9-8(14-7)4-3-5-10-9/h3-5,7,11H,2,6H2,1H3. The second-order valence-corrected chi connectivity index (χ2v) is 4.99. The molecule has 2 heterocycles. The third-order valence-corrected chi connectivity index (χ3v) is 3.60. The highest BCUT2D eigenvalue weighted by Gasteiger charge is 2.27. The first-order chi connectivity index (χ1) is 7.13.